The Kier molecular flexibility index (Phi) is 5.04. The molecule has 1 N–H and O–H groups in total. The Bertz CT molecular complexity index is 470. The van der Waals surface area contributed by atoms with Gasteiger partial charge in [-0.25, -0.2) is 4.68 Å². The average molecular weight is 307 g/mol. The Morgan fingerprint density at radius 2 is 2.05 bits per heavy atom. The molecule has 2 aliphatic heterocycles. The van der Waals surface area contributed by atoms with Gasteiger partial charge in [0.15, 0.2) is 0 Å². The molecule has 1 amide bonds. The largest absolute Gasteiger partial charge is 0.396 e. The van der Waals surface area contributed by atoms with Gasteiger partial charge >= 0.3 is 0 Å². The van der Waals surface area contributed by atoms with E-state index >= 15 is 0 Å². The van der Waals surface area contributed by atoms with Gasteiger partial charge in [0.05, 0.1) is 6.20 Å². The Balaban J connectivity index is 1.46. The highest BCUT2D eigenvalue weighted by Crippen LogP contribution is 2.23. The number of nitrogens with zero attached hydrogens (tertiary/aromatic N) is 5. The van der Waals surface area contributed by atoms with Crippen molar-refractivity contribution in [2.75, 3.05) is 32.8 Å². The molecule has 1 aromatic rings. The van der Waals surface area contributed by atoms with Crippen LogP contribution in [0.25, 0.3) is 0 Å². The summed E-state index contributed by atoms with van der Waals surface area (Å²) >= 11 is 0. The molecule has 0 radical (unpaired) electrons. The summed E-state index contributed by atoms with van der Waals surface area (Å²) in [5.74, 6) is 0.552. The minimum atomic E-state index is 0.121. The van der Waals surface area contributed by atoms with Crippen LogP contribution in [0.3, 0.4) is 0 Å². The van der Waals surface area contributed by atoms with Crippen molar-refractivity contribution in [1.82, 2.24) is 24.8 Å². The zero-order valence-corrected chi connectivity index (χ0v) is 13.0. The molecule has 3 heterocycles. The van der Waals surface area contributed by atoms with Crippen molar-refractivity contribution in [2.24, 2.45) is 5.92 Å². The topological polar surface area (TPSA) is 74.5 Å². The lowest BCUT2D eigenvalue weighted by Crippen LogP contribution is -2.50. The van der Waals surface area contributed by atoms with Gasteiger partial charge in [0.1, 0.15) is 6.54 Å². The smallest absolute Gasteiger partial charge is 0.244 e. The molecule has 2 aliphatic rings. The zero-order valence-electron chi connectivity index (χ0n) is 13.0. The van der Waals surface area contributed by atoms with Crippen LogP contribution in [0, 0.1) is 5.92 Å². The second-order valence-corrected chi connectivity index (χ2v) is 6.40. The molecular formula is C15H25N5O2. The van der Waals surface area contributed by atoms with E-state index in [1.54, 1.807) is 17.1 Å². The van der Waals surface area contributed by atoms with Gasteiger partial charge in [-0.15, -0.1) is 5.10 Å². The van der Waals surface area contributed by atoms with Gasteiger partial charge in [-0.3, -0.25) is 9.69 Å². The van der Waals surface area contributed by atoms with Crippen molar-refractivity contribution >= 4 is 5.91 Å². The van der Waals surface area contributed by atoms with E-state index in [-0.39, 0.29) is 12.5 Å². The number of piperidine rings is 2. The first-order valence-corrected chi connectivity index (χ1v) is 8.23. The Morgan fingerprint density at radius 3 is 2.73 bits per heavy atom. The van der Waals surface area contributed by atoms with Gasteiger partial charge in [0.2, 0.25) is 5.91 Å². The van der Waals surface area contributed by atoms with E-state index in [0.717, 1.165) is 45.4 Å². The number of hydrogen-bond acceptors (Lipinski definition) is 5. The highest BCUT2D eigenvalue weighted by Gasteiger charge is 2.29. The summed E-state index contributed by atoms with van der Waals surface area (Å²) in [6.45, 7) is 4.35. The van der Waals surface area contributed by atoms with Crippen LogP contribution in [0.1, 0.15) is 25.7 Å². The summed E-state index contributed by atoms with van der Waals surface area (Å²) in [4.78, 5) is 16.7. The van der Waals surface area contributed by atoms with Crippen LogP contribution in [0.5, 0.6) is 0 Å². The molecular weight excluding hydrogens is 282 g/mol. The highest BCUT2D eigenvalue weighted by atomic mass is 16.3. The van der Waals surface area contributed by atoms with Gasteiger partial charge < -0.3 is 10.0 Å². The Morgan fingerprint density at radius 1 is 1.23 bits per heavy atom. The Labute approximate surface area is 130 Å². The van der Waals surface area contributed by atoms with Crippen LogP contribution < -0.4 is 0 Å². The number of aliphatic hydroxyl groups is 1. The molecule has 2 fully saturated rings. The molecule has 0 saturated carbocycles. The first-order valence-electron chi connectivity index (χ1n) is 8.23. The van der Waals surface area contributed by atoms with Crippen molar-refractivity contribution in [3.05, 3.63) is 12.4 Å². The summed E-state index contributed by atoms with van der Waals surface area (Å²) < 4.78 is 1.57. The first kappa shape index (κ1) is 15.4. The maximum atomic E-state index is 12.2. The number of hydrogen-bond donors (Lipinski definition) is 1. The summed E-state index contributed by atoms with van der Waals surface area (Å²) in [5, 5.41) is 16.9. The van der Waals surface area contributed by atoms with Crippen LogP contribution in [0.15, 0.2) is 12.4 Å². The van der Waals surface area contributed by atoms with Crippen LogP contribution in [-0.2, 0) is 11.3 Å². The molecule has 7 heteroatoms. The van der Waals surface area contributed by atoms with Crippen molar-refractivity contribution in [3.8, 4) is 0 Å². The van der Waals surface area contributed by atoms with Crippen LogP contribution >= 0.6 is 0 Å². The van der Waals surface area contributed by atoms with Crippen molar-refractivity contribution in [2.45, 2.75) is 38.3 Å². The second-order valence-electron chi connectivity index (χ2n) is 6.40. The third kappa shape index (κ3) is 3.64. The van der Waals surface area contributed by atoms with E-state index in [0.29, 0.717) is 18.6 Å². The number of carbonyl (C=O) groups excluding carboxylic acids is 1. The summed E-state index contributed by atoms with van der Waals surface area (Å²) in [6.07, 6.45) is 7.68. The highest BCUT2D eigenvalue weighted by molar-refractivity contribution is 5.75. The molecule has 1 aromatic heterocycles. The fraction of sp³-hybridized carbons (Fsp3) is 0.800. The van der Waals surface area contributed by atoms with Crippen molar-refractivity contribution in [1.29, 1.82) is 0 Å². The maximum Gasteiger partial charge on any atom is 0.244 e. The molecule has 3 rings (SSSR count). The van der Waals surface area contributed by atoms with Gasteiger partial charge in [0, 0.05) is 38.5 Å². The zero-order chi connectivity index (χ0) is 15.4. The predicted octanol–water partition coefficient (Wildman–Crippen LogP) is -0.0266. The summed E-state index contributed by atoms with van der Waals surface area (Å²) in [6, 6.07) is 0.560. The van der Waals surface area contributed by atoms with Crippen molar-refractivity contribution in [3.63, 3.8) is 0 Å². The monoisotopic (exact) mass is 307 g/mol. The molecule has 22 heavy (non-hydrogen) atoms. The third-order valence-electron chi connectivity index (χ3n) is 4.91. The molecule has 122 valence electrons. The fourth-order valence-electron chi connectivity index (χ4n) is 3.61. The van der Waals surface area contributed by atoms with E-state index in [2.05, 4.69) is 15.2 Å². The molecule has 0 spiro atoms. The molecule has 2 saturated heterocycles. The summed E-state index contributed by atoms with van der Waals surface area (Å²) in [5.41, 5.74) is 0. The van der Waals surface area contributed by atoms with E-state index in [9.17, 15) is 9.90 Å². The van der Waals surface area contributed by atoms with Crippen LogP contribution in [-0.4, -0.2) is 74.6 Å². The lowest BCUT2D eigenvalue weighted by molar-refractivity contribution is -0.133. The molecule has 0 aromatic carbocycles. The number of amides is 1. The number of aromatic nitrogens is 3. The lowest BCUT2D eigenvalue weighted by Gasteiger charge is -2.42. The minimum Gasteiger partial charge on any atom is -0.396 e. The Hall–Kier alpha value is -1.47. The van der Waals surface area contributed by atoms with Crippen LogP contribution in [0.2, 0.25) is 0 Å². The SMILES string of the molecule is O=C(Cn1ccnn1)N1CCC(N2CCC[C@H](CO)C2)CC1. The average Bonchev–Trinajstić information content (AvgIpc) is 3.08. The van der Waals surface area contributed by atoms with Gasteiger partial charge in [-0.1, -0.05) is 5.21 Å². The lowest BCUT2D eigenvalue weighted by atomic mass is 9.94. The van der Waals surface area contributed by atoms with Crippen LogP contribution in [0.4, 0.5) is 0 Å². The van der Waals surface area contributed by atoms with E-state index in [1.165, 1.54) is 6.42 Å². The number of carbonyl (C=O) groups is 1. The molecule has 1 atom stereocenters. The number of rotatable bonds is 4. The maximum absolute atomic E-state index is 12.2. The van der Waals surface area contributed by atoms with Crippen molar-refractivity contribution < 1.29 is 9.90 Å². The normalized spacial score (nSPS) is 24.6. The first-order chi connectivity index (χ1) is 10.8. The van der Waals surface area contributed by atoms with Gasteiger partial charge in [-0.05, 0) is 38.1 Å². The third-order valence-corrected chi connectivity index (χ3v) is 4.91. The van der Waals surface area contributed by atoms with E-state index in [4.69, 9.17) is 0 Å². The molecule has 0 unspecified atom stereocenters. The predicted molar refractivity (Wildman–Crippen MR) is 81.0 cm³/mol. The summed E-state index contributed by atoms with van der Waals surface area (Å²) in [7, 11) is 0. The quantitative estimate of drug-likeness (QED) is 0.846. The fourth-order valence-corrected chi connectivity index (χ4v) is 3.61. The number of likely N-dealkylation sites (tertiary alicyclic amines) is 2. The standard InChI is InChI=1S/C15H25N5O2/c21-12-13-2-1-6-19(10-13)14-3-7-18(8-4-14)15(22)11-20-9-5-16-17-20/h5,9,13-14,21H,1-4,6-8,10-12H2/t13-/m0/s1. The van der Waals surface area contributed by atoms with Gasteiger partial charge in [-0.2, -0.15) is 0 Å². The second kappa shape index (κ2) is 7.19. The molecule has 0 bridgehead atoms. The number of aliphatic hydroxyl groups excluding tert-OH is 1. The molecule has 7 nitrogen and oxygen atoms in total. The minimum absolute atomic E-state index is 0.121. The van der Waals surface area contributed by atoms with E-state index < -0.39 is 0 Å². The molecule has 0 aliphatic carbocycles. The van der Waals surface area contributed by atoms with E-state index in [1.807, 2.05) is 4.90 Å². The van der Waals surface area contributed by atoms with Gasteiger partial charge in [0.25, 0.3) is 0 Å².